The maximum Gasteiger partial charge on any atom is 0.252 e. The number of halogens is 3. The monoisotopic (exact) mass is 321 g/mol. The second-order valence-electron chi connectivity index (χ2n) is 4.60. The summed E-state index contributed by atoms with van der Waals surface area (Å²) in [5.41, 5.74) is 0.251. The van der Waals surface area contributed by atoms with Gasteiger partial charge in [0.1, 0.15) is 5.82 Å². The van der Waals surface area contributed by atoms with Crippen LogP contribution < -0.4 is 5.32 Å². The highest BCUT2D eigenvalue weighted by molar-refractivity contribution is 9.10. The predicted molar refractivity (Wildman–Crippen MR) is 70.9 cm³/mol. The maximum absolute atomic E-state index is 12.9. The van der Waals surface area contributed by atoms with Gasteiger partial charge in [-0.3, -0.25) is 4.79 Å². The summed E-state index contributed by atoms with van der Waals surface area (Å²) in [5.74, 6) is -0.165. The summed E-state index contributed by atoms with van der Waals surface area (Å²) in [5, 5.41) is 2.77. The van der Waals surface area contributed by atoms with E-state index in [9.17, 15) is 9.18 Å². The molecule has 0 saturated carbocycles. The molecular weight excluding hydrogens is 308 g/mol. The molecule has 0 radical (unpaired) electrons. The van der Waals surface area contributed by atoms with Gasteiger partial charge in [0, 0.05) is 16.9 Å². The van der Waals surface area contributed by atoms with E-state index in [4.69, 9.17) is 11.6 Å². The van der Waals surface area contributed by atoms with Crippen molar-refractivity contribution >= 4 is 33.4 Å². The quantitative estimate of drug-likeness (QED) is 0.843. The summed E-state index contributed by atoms with van der Waals surface area (Å²) >= 11 is 8.92. The van der Waals surface area contributed by atoms with Gasteiger partial charge in [-0.1, -0.05) is 13.8 Å². The molecule has 1 aromatic rings. The van der Waals surface area contributed by atoms with E-state index in [-0.39, 0.29) is 17.1 Å². The Hall–Kier alpha value is -0.610. The topological polar surface area (TPSA) is 29.1 Å². The van der Waals surface area contributed by atoms with Crippen molar-refractivity contribution in [2.45, 2.75) is 13.8 Å². The van der Waals surface area contributed by atoms with E-state index < -0.39 is 0 Å². The minimum Gasteiger partial charge on any atom is -0.351 e. The van der Waals surface area contributed by atoms with E-state index >= 15 is 0 Å². The smallest absolute Gasteiger partial charge is 0.252 e. The van der Waals surface area contributed by atoms with Crippen molar-refractivity contribution in [2.24, 2.45) is 5.41 Å². The molecule has 1 rings (SSSR count). The zero-order chi connectivity index (χ0) is 13.1. The Morgan fingerprint density at radius 3 is 2.71 bits per heavy atom. The van der Waals surface area contributed by atoms with Gasteiger partial charge in [-0.15, -0.1) is 11.6 Å². The van der Waals surface area contributed by atoms with Crippen LogP contribution in [0.25, 0.3) is 0 Å². The summed E-state index contributed by atoms with van der Waals surface area (Å²) < 4.78 is 13.3. The lowest BCUT2D eigenvalue weighted by molar-refractivity contribution is 0.0939. The van der Waals surface area contributed by atoms with Crippen LogP contribution >= 0.6 is 27.5 Å². The first-order valence-corrected chi connectivity index (χ1v) is 6.48. The van der Waals surface area contributed by atoms with Crippen molar-refractivity contribution in [1.82, 2.24) is 5.32 Å². The number of hydrogen-bond acceptors (Lipinski definition) is 1. The summed E-state index contributed by atoms with van der Waals surface area (Å²) in [6, 6.07) is 3.97. The summed E-state index contributed by atoms with van der Waals surface area (Å²) in [4.78, 5) is 11.8. The van der Waals surface area contributed by atoms with Crippen molar-refractivity contribution in [1.29, 1.82) is 0 Å². The van der Waals surface area contributed by atoms with Crippen LogP contribution in [0.3, 0.4) is 0 Å². The van der Waals surface area contributed by atoms with E-state index in [1.165, 1.54) is 18.2 Å². The van der Waals surface area contributed by atoms with Crippen LogP contribution in [0.5, 0.6) is 0 Å². The van der Waals surface area contributed by atoms with Crippen LogP contribution in [0.2, 0.25) is 0 Å². The van der Waals surface area contributed by atoms with E-state index in [0.717, 1.165) is 0 Å². The number of alkyl halides is 1. The van der Waals surface area contributed by atoms with Gasteiger partial charge in [0.15, 0.2) is 0 Å². The van der Waals surface area contributed by atoms with Crippen molar-refractivity contribution in [2.75, 3.05) is 12.4 Å². The lowest BCUT2D eigenvalue weighted by atomic mass is 9.96. The van der Waals surface area contributed by atoms with E-state index in [1.54, 1.807) is 0 Å². The van der Waals surface area contributed by atoms with Crippen LogP contribution in [-0.4, -0.2) is 18.3 Å². The van der Waals surface area contributed by atoms with E-state index in [2.05, 4.69) is 21.2 Å². The molecule has 0 aliphatic carbocycles. The third kappa shape index (κ3) is 4.28. The van der Waals surface area contributed by atoms with Crippen molar-refractivity contribution < 1.29 is 9.18 Å². The molecule has 2 nitrogen and oxygen atoms in total. The van der Waals surface area contributed by atoms with Gasteiger partial charge >= 0.3 is 0 Å². The van der Waals surface area contributed by atoms with Gasteiger partial charge in [0.05, 0.1) is 5.56 Å². The molecule has 17 heavy (non-hydrogen) atoms. The summed E-state index contributed by atoms with van der Waals surface area (Å²) in [6.07, 6.45) is 0. The zero-order valence-corrected chi connectivity index (χ0v) is 12.0. The Morgan fingerprint density at radius 1 is 1.53 bits per heavy atom. The fourth-order valence-electron chi connectivity index (χ4n) is 1.14. The highest BCUT2D eigenvalue weighted by Gasteiger charge is 2.18. The molecule has 0 unspecified atom stereocenters. The Morgan fingerprint density at radius 2 is 2.18 bits per heavy atom. The van der Waals surface area contributed by atoms with Gasteiger partial charge in [-0.2, -0.15) is 0 Å². The second kappa shape index (κ2) is 5.83. The minimum atomic E-state index is -0.380. The number of carbonyl (C=O) groups is 1. The molecule has 0 heterocycles. The molecule has 1 N–H and O–H groups in total. The molecule has 0 aliphatic heterocycles. The molecular formula is C12H14BrClFNO. The summed E-state index contributed by atoms with van der Waals surface area (Å²) in [7, 11) is 0. The molecule has 1 amide bonds. The Bertz CT molecular complexity index is 423. The molecule has 5 heteroatoms. The fourth-order valence-corrected chi connectivity index (χ4v) is 1.76. The van der Waals surface area contributed by atoms with Gasteiger partial charge in [0.25, 0.3) is 5.91 Å². The molecule has 94 valence electrons. The zero-order valence-electron chi connectivity index (χ0n) is 9.69. The number of amides is 1. The Kier molecular flexibility index (Phi) is 4.95. The number of benzene rings is 1. The number of nitrogens with one attached hydrogen (secondary N) is 1. The van der Waals surface area contributed by atoms with Crippen LogP contribution in [0.4, 0.5) is 4.39 Å². The van der Waals surface area contributed by atoms with Gasteiger partial charge < -0.3 is 5.32 Å². The average molecular weight is 323 g/mol. The van der Waals surface area contributed by atoms with Crippen LogP contribution in [-0.2, 0) is 0 Å². The molecule has 1 aromatic carbocycles. The largest absolute Gasteiger partial charge is 0.351 e. The minimum absolute atomic E-state index is 0.163. The molecule has 0 aliphatic rings. The van der Waals surface area contributed by atoms with E-state index in [0.29, 0.717) is 22.5 Å². The molecule has 0 atom stereocenters. The van der Waals surface area contributed by atoms with Crippen molar-refractivity contribution in [3.8, 4) is 0 Å². The van der Waals surface area contributed by atoms with Gasteiger partial charge in [-0.25, -0.2) is 4.39 Å². The molecule has 0 spiro atoms. The van der Waals surface area contributed by atoms with Crippen LogP contribution in [0, 0.1) is 11.2 Å². The fraction of sp³-hybridized carbons (Fsp3) is 0.417. The average Bonchev–Trinajstić information content (AvgIpc) is 2.26. The van der Waals surface area contributed by atoms with E-state index in [1.807, 2.05) is 13.8 Å². The molecule has 0 aromatic heterocycles. The lowest BCUT2D eigenvalue weighted by Gasteiger charge is -2.21. The van der Waals surface area contributed by atoms with Gasteiger partial charge in [0.2, 0.25) is 0 Å². The lowest BCUT2D eigenvalue weighted by Crippen LogP contribution is -2.35. The van der Waals surface area contributed by atoms with Crippen LogP contribution in [0.15, 0.2) is 22.7 Å². The third-order valence-electron chi connectivity index (χ3n) is 2.27. The molecule has 0 bridgehead atoms. The molecule has 0 fully saturated rings. The van der Waals surface area contributed by atoms with Crippen LogP contribution in [0.1, 0.15) is 24.2 Å². The maximum atomic E-state index is 12.9. The standard InChI is InChI=1S/C12H14BrClFNO/c1-12(2,6-14)7-16-11(17)9-4-3-8(15)5-10(9)13/h3-5H,6-7H2,1-2H3,(H,16,17). The first-order valence-electron chi connectivity index (χ1n) is 5.15. The number of rotatable bonds is 4. The Labute approximate surface area is 114 Å². The third-order valence-corrected chi connectivity index (χ3v) is 3.64. The second-order valence-corrected chi connectivity index (χ2v) is 5.73. The first-order chi connectivity index (χ1) is 7.85. The normalized spacial score (nSPS) is 11.4. The Balaban J connectivity index is 2.71. The predicted octanol–water partition coefficient (Wildman–Crippen LogP) is 3.58. The number of carbonyl (C=O) groups excluding carboxylic acids is 1. The summed E-state index contributed by atoms with van der Waals surface area (Å²) in [6.45, 7) is 4.39. The van der Waals surface area contributed by atoms with Gasteiger partial charge in [-0.05, 0) is 39.5 Å². The SMILES string of the molecule is CC(C)(CCl)CNC(=O)c1ccc(F)cc1Br. The van der Waals surface area contributed by atoms with Crippen molar-refractivity contribution in [3.05, 3.63) is 34.1 Å². The van der Waals surface area contributed by atoms with Crippen molar-refractivity contribution in [3.63, 3.8) is 0 Å². The highest BCUT2D eigenvalue weighted by Crippen LogP contribution is 2.19. The first kappa shape index (κ1) is 14.5. The molecule has 0 saturated heterocycles. The highest BCUT2D eigenvalue weighted by atomic mass is 79.9. The number of hydrogen-bond donors (Lipinski definition) is 1.